The van der Waals surface area contributed by atoms with Crippen molar-refractivity contribution in [2.24, 2.45) is 5.92 Å². The van der Waals surface area contributed by atoms with Crippen molar-refractivity contribution in [1.82, 2.24) is 9.97 Å². The van der Waals surface area contributed by atoms with Crippen molar-refractivity contribution in [1.29, 1.82) is 0 Å². The maximum atomic E-state index is 9.58. The van der Waals surface area contributed by atoms with Crippen LogP contribution in [0, 0.1) is 5.92 Å². The Bertz CT molecular complexity index is 658. The largest absolute Gasteiger partial charge is 0.508 e. The van der Waals surface area contributed by atoms with E-state index in [0.717, 1.165) is 30.9 Å². The third kappa shape index (κ3) is 1.79. The van der Waals surface area contributed by atoms with E-state index in [9.17, 15) is 5.11 Å². The van der Waals surface area contributed by atoms with Gasteiger partial charge in [-0.1, -0.05) is 12.1 Å². The first-order valence-electron chi connectivity index (χ1n) is 6.99. The standard InChI is InChI=1S/C16H16N2O2/c19-13-3-1-2-11(8-13)15-17-6-4-14(18-15)16-5-7-20-10-12(16)9-16/h1-4,6,8,12,19H,5,7,9-10H2. The van der Waals surface area contributed by atoms with Gasteiger partial charge in [0, 0.05) is 23.8 Å². The normalized spacial score (nSPS) is 27.9. The third-order valence-corrected chi connectivity index (χ3v) is 4.51. The molecule has 4 nitrogen and oxygen atoms in total. The van der Waals surface area contributed by atoms with Gasteiger partial charge < -0.3 is 9.84 Å². The van der Waals surface area contributed by atoms with Crippen LogP contribution in [0.25, 0.3) is 11.4 Å². The van der Waals surface area contributed by atoms with Gasteiger partial charge in [-0.3, -0.25) is 0 Å². The number of ether oxygens (including phenoxy) is 1. The second-order valence-electron chi connectivity index (χ2n) is 5.70. The number of aromatic nitrogens is 2. The average molecular weight is 268 g/mol. The van der Waals surface area contributed by atoms with Crippen molar-refractivity contribution in [3.8, 4) is 17.1 Å². The molecule has 2 unspecified atom stereocenters. The highest BCUT2D eigenvalue weighted by Crippen LogP contribution is 2.58. The van der Waals surface area contributed by atoms with E-state index in [1.807, 2.05) is 24.4 Å². The van der Waals surface area contributed by atoms with Crippen molar-refractivity contribution < 1.29 is 9.84 Å². The van der Waals surface area contributed by atoms with Crippen LogP contribution in [0.1, 0.15) is 18.5 Å². The zero-order chi connectivity index (χ0) is 13.6. The van der Waals surface area contributed by atoms with Crippen molar-refractivity contribution >= 4 is 0 Å². The van der Waals surface area contributed by atoms with Crippen LogP contribution in [-0.4, -0.2) is 28.3 Å². The van der Waals surface area contributed by atoms with Crippen molar-refractivity contribution in [2.45, 2.75) is 18.3 Å². The molecule has 4 rings (SSSR count). The van der Waals surface area contributed by atoms with Crippen LogP contribution in [0.5, 0.6) is 5.75 Å². The Morgan fingerprint density at radius 1 is 1.30 bits per heavy atom. The quantitative estimate of drug-likeness (QED) is 0.909. The summed E-state index contributed by atoms with van der Waals surface area (Å²) >= 11 is 0. The number of rotatable bonds is 2. The van der Waals surface area contributed by atoms with Gasteiger partial charge >= 0.3 is 0 Å². The molecule has 1 aromatic carbocycles. The topological polar surface area (TPSA) is 55.2 Å². The van der Waals surface area contributed by atoms with Crippen LogP contribution in [0.2, 0.25) is 0 Å². The van der Waals surface area contributed by atoms with Gasteiger partial charge in [0.1, 0.15) is 5.75 Å². The highest BCUT2D eigenvalue weighted by molar-refractivity contribution is 5.57. The number of benzene rings is 1. The van der Waals surface area contributed by atoms with Gasteiger partial charge in [0.25, 0.3) is 0 Å². The van der Waals surface area contributed by atoms with Gasteiger partial charge in [-0.05, 0) is 37.0 Å². The maximum absolute atomic E-state index is 9.58. The number of phenols is 1. The first-order valence-corrected chi connectivity index (χ1v) is 6.99. The van der Waals surface area contributed by atoms with Gasteiger partial charge in [-0.25, -0.2) is 9.97 Å². The van der Waals surface area contributed by atoms with E-state index in [1.165, 1.54) is 6.42 Å². The number of nitrogens with zero attached hydrogens (tertiary/aromatic N) is 2. The Hall–Kier alpha value is -1.94. The molecule has 2 fully saturated rings. The summed E-state index contributed by atoms with van der Waals surface area (Å²) in [6, 6.07) is 9.11. The van der Waals surface area contributed by atoms with Crippen molar-refractivity contribution in [3.05, 3.63) is 42.2 Å². The van der Waals surface area contributed by atoms with E-state index in [4.69, 9.17) is 9.72 Å². The molecule has 0 amide bonds. The lowest BCUT2D eigenvalue weighted by Gasteiger charge is -2.22. The monoisotopic (exact) mass is 268 g/mol. The maximum Gasteiger partial charge on any atom is 0.159 e. The van der Waals surface area contributed by atoms with E-state index in [2.05, 4.69) is 4.98 Å². The predicted molar refractivity (Wildman–Crippen MR) is 74.4 cm³/mol. The fraction of sp³-hybridized carbons (Fsp3) is 0.375. The molecular formula is C16H16N2O2. The Morgan fingerprint density at radius 3 is 3.10 bits per heavy atom. The van der Waals surface area contributed by atoms with E-state index >= 15 is 0 Å². The molecule has 1 aliphatic carbocycles. The summed E-state index contributed by atoms with van der Waals surface area (Å²) < 4.78 is 5.52. The third-order valence-electron chi connectivity index (χ3n) is 4.51. The van der Waals surface area contributed by atoms with Crippen molar-refractivity contribution in [3.63, 3.8) is 0 Å². The molecule has 2 aromatic rings. The van der Waals surface area contributed by atoms with Crippen LogP contribution >= 0.6 is 0 Å². The molecule has 2 aliphatic rings. The Morgan fingerprint density at radius 2 is 2.25 bits per heavy atom. The van der Waals surface area contributed by atoms with Gasteiger partial charge in [0.2, 0.25) is 0 Å². The average Bonchev–Trinajstić information content (AvgIpc) is 3.23. The van der Waals surface area contributed by atoms with E-state index < -0.39 is 0 Å². The first kappa shape index (κ1) is 11.9. The van der Waals surface area contributed by atoms with Crippen LogP contribution in [0.4, 0.5) is 0 Å². The zero-order valence-corrected chi connectivity index (χ0v) is 11.1. The zero-order valence-electron chi connectivity index (χ0n) is 11.1. The minimum absolute atomic E-state index is 0.215. The van der Waals surface area contributed by atoms with Gasteiger partial charge in [0.05, 0.1) is 12.3 Å². The highest BCUT2D eigenvalue weighted by Gasteiger charge is 2.57. The van der Waals surface area contributed by atoms with Gasteiger partial charge in [-0.2, -0.15) is 0 Å². The predicted octanol–water partition coefficient (Wildman–Crippen LogP) is 2.53. The molecule has 102 valence electrons. The fourth-order valence-electron chi connectivity index (χ4n) is 3.25. The van der Waals surface area contributed by atoms with Crippen LogP contribution in [-0.2, 0) is 10.2 Å². The molecular weight excluding hydrogens is 252 g/mol. The molecule has 4 heteroatoms. The molecule has 1 saturated heterocycles. The fourth-order valence-corrected chi connectivity index (χ4v) is 3.25. The molecule has 0 radical (unpaired) electrons. The summed E-state index contributed by atoms with van der Waals surface area (Å²) in [6.07, 6.45) is 4.04. The molecule has 0 bridgehead atoms. The minimum atomic E-state index is 0.215. The Labute approximate surface area is 117 Å². The summed E-state index contributed by atoms with van der Waals surface area (Å²) in [5, 5.41) is 9.58. The Balaban J connectivity index is 1.72. The summed E-state index contributed by atoms with van der Waals surface area (Å²) in [5.74, 6) is 1.54. The molecule has 2 atom stereocenters. The summed E-state index contributed by atoms with van der Waals surface area (Å²) in [5.41, 5.74) is 2.19. The highest BCUT2D eigenvalue weighted by atomic mass is 16.5. The van der Waals surface area contributed by atoms with Crippen LogP contribution in [0.15, 0.2) is 36.5 Å². The van der Waals surface area contributed by atoms with Crippen LogP contribution in [0.3, 0.4) is 0 Å². The van der Waals surface area contributed by atoms with Crippen molar-refractivity contribution in [2.75, 3.05) is 13.2 Å². The number of phenolic OH excluding ortho intramolecular Hbond substituents is 1. The number of aromatic hydroxyl groups is 1. The molecule has 1 aromatic heterocycles. The van der Waals surface area contributed by atoms with E-state index in [1.54, 1.807) is 12.1 Å². The minimum Gasteiger partial charge on any atom is -0.508 e. The molecule has 1 saturated carbocycles. The SMILES string of the molecule is Oc1cccc(-c2nccc(C34CCOCC3C4)n2)c1. The number of hydrogen-bond donors (Lipinski definition) is 1. The van der Waals surface area contributed by atoms with E-state index in [-0.39, 0.29) is 11.2 Å². The molecule has 20 heavy (non-hydrogen) atoms. The number of hydrogen-bond acceptors (Lipinski definition) is 4. The second-order valence-corrected chi connectivity index (χ2v) is 5.70. The van der Waals surface area contributed by atoms with Gasteiger partial charge in [0.15, 0.2) is 5.82 Å². The molecule has 1 aliphatic heterocycles. The smallest absolute Gasteiger partial charge is 0.159 e. The summed E-state index contributed by atoms with van der Waals surface area (Å²) in [7, 11) is 0. The van der Waals surface area contributed by atoms with E-state index in [0.29, 0.717) is 11.7 Å². The Kier molecular flexibility index (Phi) is 2.54. The first-order chi connectivity index (χ1) is 9.78. The lowest BCUT2D eigenvalue weighted by Crippen LogP contribution is -2.22. The van der Waals surface area contributed by atoms with Gasteiger partial charge in [-0.15, -0.1) is 0 Å². The van der Waals surface area contributed by atoms with Crippen LogP contribution < -0.4 is 0 Å². The lowest BCUT2D eigenvalue weighted by atomic mass is 9.93. The lowest BCUT2D eigenvalue weighted by molar-refractivity contribution is 0.0794. The summed E-state index contributed by atoms with van der Waals surface area (Å²) in [4.78, 5) is 9.09. The molecule has 2 heterocycles. The molecule has 1 N–H and O–H groups in total. The second kappa shape index (κ2) is 4.28. The molecule has 0 spiro atoms. The summed E-state index contributed by atoms with van der Waals surface area (Å²) in [6.45, 7) is 1.67. The number of fused-ring (bicyclic) bond motifs is 1.